The fraction of sp³-hybridized carbons (Fsp3) is 1.00. The summed E-state index contributed by atoms with van der Waals surface area (Å²) in [6.07, 6.45) is 0. The van der Waals surface area contributed by atoms with Gasteiger partial charge in [-0.3, -0.25) is 0 Å². The second-order valence-electron chi connectivity index (χ2n) is 0.846. The van der Waals surface area contributed by atoms with Crippen LogP contribution in [0, 0.1) is 0 Å². The van der Waals surface area contributed by atoms with Crippen LogP contribution in [0.25, 0.3) is 0 Å². The maximum Gasteiger partial charge on any atom is 0.382 e. The smallest absolute Gasteiger partial charge is 0.382 e. The van der Waals surface area contributed by atoms with Crippen molar-refractivity contribution in [1.82, 2.24) is 0 Å². The average molecular weight is 104 g/mol. The van der Waals surface area contributed by atoms with Crippen molar-refractivity contribution in [2.45, 2.75) is 0 Å². The summed E-state index contributed by atoms with van der Waals surface area (Å²) in [5.74, 6) is 0. The Morgan fingerprint density at radius 3 is 1.86 bits per heavy atom. The first-order valence-corrected chi connectivity index (χ1v) is 1.83. The van der Waals surface area contributed by atoms with Crippen molar-refractivity contribution in [1.29, 1.82) is 0 Å². The molecule has 0 aromatic rings. The fourth-order valence-corrected chi connectivity index (χ4v) is 0.157. The molecule has 0 aromatic heterocycles. The molecule has 0 unspecified atom stereocenters. The molecule has 1 nitrogen and oxygen atoms in total. The van der Waals surface area contributed by atoms with Crippen molar-refractivity contribution in [3.63, 3.8) is 0 Å². The van der Waals surface area contributed by atoms with E-state index in [1.807, 2.05) is 0 Å². The molecule has 0 atom stereocenters. The second-order valence-corrected chi connectivity index (χ2v) is 0.846. The summed E-state index contributed by atoms with van der Waals surface area (Å²) in [6, 6.07) is 0. The minimum atomic E-state index is -0.138. The fourth-order valence-electron chi connectivity index (χ4n) is 0.157. The highest BCUT2D eigenvalue weighted by molar-refractivity contribution is 6.27. The summed E-state index contributed by atoms with van der Waals surface area (Å²) in [4.78, 5) is 0. The second kappa shape index (κ2) is 5.95. The van der Waals surface area contributed by atoms with E-state index in [9.17, 15) is 8.63 Å². The van der Waals surface area contributed by atoms with Crippen LogP contribution in [-0.2, 0) is 4.74 Å². The van der Waals surface area contributed by atoms with Gasteiger partial charge in [-0.05, 0) is 0 Å². The van der Waals surface area contributed by atoms with Gasteiger partial charge in [0, 0.05) is 0 Å². The number of rotatable bonds is 4. The Kier molecular flexibility index (Phi) is 5.91. The SMILES string of the molecule is F[B]COC[B]F. The van der Waals surface area contributed by atoms with Gasteiger partial charge in [0.2, 0.25) is 0 Å². The molecule has 5 heteroatoms. The van der Waals surface area contributed by atoms with Gasteiger partial charge in [0.25, 0.3) is 0 Å². The van der Waals surface area contributed by atoms with Gasteiger partial charge in [-0.15, -0.1) is 0 Å². The Morgan fingerprint density at radius 1 is 1.14 bits per heavy atom. The van der Waals surface area contributed by atoms with E-state index in [-0.39, 0.29) is 13.0 Å². The largest absolute Gasteiger partial charge is 0.392 e. The molecule has 7 heavy (non-hydrogen) atoms. The summed E-state index contributed by atoms with van der Waals surface area (Å²) in [5.41, 5.74) is 0. The third-order valence-electron chi connectivity index (χ3n) is 0.362. The van der Waals surface area contributed by atoms with Crippen LogP contribution in [0.2, 0.25) is 0 Å². The first-order chi connectivity index (χ1) is 3.41. The molecule has 0 aliphatic carbocycles. The average Bonchev–Trinajstić information content (AvgIpc) is 1.69. The Balaban J connectivity index is 2.45. The minimum absolute atomic E-state index is 0.138. The van der Waals surface area contributed by atoms with Gasteiger partial charge < -0.3 is 13.4 Å². The molecule has 0 spiro atoms. The van der Waals surface area contributed by atoms with Gasteiger partial charge in [-0.1, -0.05) is 0 Å². The molecular formula is C2H4B2F2O. The Morgan fingerprint density at radius 2 is 1.57 bits per heavy atom. The highest BCUT2D eigenvalue weighted by Gasteiger charge is 1.89. The van der Waals surface area contributed by atoms with Crippen molar-refractivity contribution in [2.75, 3.05) is 13.0 Å². The lowest BCUT2D eigenvalue weighted by atomic mass is 10.1. The van der Waals surface area contributed by atoms with Gasteiger partial charge in [-0.25, -0.2) is 0 Å². The molecule has 0 amide bonds. The molecule has 0 saturated heterocycles. The molecular weight excluding hydrogens is 99.6 g/mol. The van der Waals surface area contributed by atoms with Crippen LogP contribution in [0.5, 0.6) is 0 Å². The molecule has 0 rings (SSSR count). The monoisotopic (exact) mass is 104 g/mol. The highest BCUT2D eigenvalue weighted by Crippen LogP contribution is 1.70. The zero-order chi connectivity index (χ0) is 5.54. The molecule has 2 radical (unpaired) electrons. The third-order valence-corrected chi connectivity index (χ3v) is 0.362. The third kappa shape index (κ3) is 5.95. The van der Waals surface area contributed by atoms with Crippen LogP contribution >= 0.6 is 0 Å². The van der Waals surface area contributed by atoms with E-state index in [4.69, 9.17) is 0 Å². The summed E-state index contributed by atoms with van der Waals surface area (Å²) in [7, 11) is 0.646. The topological polar surface area (TPSA) is 9.23 Å². The van der Waals surface area contributed by atoms with Crippen LogP contribution in [-0.4, -0.2) is 28.1 Å². The lowest BCUT2D eigenvalue weighted by Crippen LogP contribution is -2.03. The van der Waals surface area contributed by atoms with Crippen LogP contribution in [0.4, 0.5) is 8.63 Å². The maximum atomic E-state index is 10.9. The minimum Gasteiger partial charge on any atom is -0.392 e. The van der Waals surface area contributed by atoms with E-state index in [1.54, 1.807) is 0 Å². The van der Waals surface area contributed by atoms with E-state index in [2.05, 4.69) is 4.74 Å². The van der Waals surface area contributed by atoms with E-state index < -0.39 is 0 Å². The molecule has 0 fully saturated rings. The molecule has 0 aliphatic heterocycles. The van der Waals surface area contributed by atoms with Gasteiger partial charge in [0.05, 0.1) is 13.0 Å². The van der Waals surface area contributed by atoms with Crippen molar-refractivity contribution in [3.8, 4) is 0 Å². The van der Waals surface area contributed by atoms with E-state index in [0.717, 1.165) is 0 Å². The highest BCUT2D eigenvalue weighted by atomic mass is 19.1. The zero-order valence-corrected chi connectivity index (χ0v) is 3.73. The molecule has 0 N–H and O–H groups in total. The first kappa shape index (κ1) is 6.95. The van der Waals surface area contributed by atoms with Crippen molar-refractivity contribution in [2.24, 2.45) is 0 Å². The zero-order valence-electron chi connectivity index (χ0n) is 3.73. The predicted molar refractivity (Wildman–Crippen MR) is 24.5 cm³/mol. The van der Waals surface area contributed by atoms with E-state index in [1.165, 1.54) is 0 Å². The molecule has 0 aliphatic rings. The quantitative estimate of drug-likeness (QED) is 0.362. The molecule has 0 aromatic carbocycles. The van der Waals surface area contributed by atoms with Crippen molar-refractivity contribution in [3.05, 3.63) is 0 Å². The Hall–Kier alpha value is -0.0501. The lowest BCUT2D eigenvalue weighted by Gasteiger charge is -1.89. The number of hydrogen-bond donors (Lipinski definition) is 0. The van der Waals surface area contributed by atoms with Crippen LogP contribution in [0.3, 0.4) is 0 Å². The van der Waals surface area contributed by atoms with Gasteiger partial charge in [0.15, 0.2) is 0 Å². The summed E-state index contributed by atoms with van der Waals surface area (Å²) in [5, 5.41) is 0. The summed E-state index contributed by atoms with van der Waals surface area (Å²) >= 11 is 0. The van der Waals surface area contributed by atoms with E-state index >= 15 is 0 Å². The van der Waals surface area contributed by atoms with Crippen LogP contribution < -0.4 is 0 Å². The number of ether oxygens (including phenoxy) is 1. The maximum absolute atomic E-state index is 10.9. The standard InChI is InChI=1S/C2H4B2F2O/c5-3-1-7-2-4-6/h1-2H2. The number of hydrogen-bond acceptors (Lipinski definition) is 1. The molecule has 0 saturated carbocycles. The summed E-state index contributed by atoms with van der Waals surface area (Å²) in [6.45, 7) is -0.277. The summed E-state index contributed by atoms with van der Waals surface area (Å²) < 4.78 is 26.1. The molecule has 0 heterocycles. The van der Waals surface area contributed by atoms with E-state index in [0.29, 0.717) is 15.1 Å². The molecule has 0 bridgehead atoms. The first-order valence-electron chi connectivity index (χ1n) is 1.83. The van der Waals surface area contributed by atoms with Crippen molar-refractivity contribution >= 4 is 15.1 Å². The normalized spacial score (nSPS) is 8.29. The predicted octanol–water partition coefficient (Wildman–Crippen LogP) is 0.0954. The lowest BCUT2D eigenvalue weighted by molar-refractivity contribution is 0.219. The van der Waals surface area contributed by atoms with Gasteiger partial charge >= 0.3 is 15.1 Å². The Labute approximate surface area is 42.6 Å². The van der Waals surface area contributed by atoms with Gasteiger partial charge in [-0.2, -0.15) is 0 Å². The Bertz CT molecular complexity index is 32.9. The van der Waals surface area contributed by atoms with Crippen molar-refractivity contribution < 1.29 is 13.4 Å². The molecule has 38 valence electrons. The van der Waals surface area contributed by atoms with Crippen LogP contribution in [0.15, 0.2) is 0 Å². The van der Waals surface area contributed by atoms with Gasteiger partial charge in [0.1, 0.15) is 0 Å². The van der Waals surface area contributed by atoms with Crippen LogP contribution in [0.1, 0.15) is 0 Å². The number of halogens is 2.